The Bertz CT molecular complexity index is 448. The quantitative estimate of drug-likeness (QED) is 0.793. The van der Waals surface area contributed by atoms with Gasteiger partial charge in [0.05, 0.1) is 0 Å². The Morgan fingerprint density at radius 1 is 1.17 bits per heavy atom. The number of carbonyl (C=O) groups is 1. The molecule has 1 saturated carbocycles. The summed E-state index contributed by atoms with van der Waals surface area (Å²) < 4.78 is 25.9. The fourth-order valence-corrected chi connectivity index (χ4v) is 2.66. The van der Waals surface area contributed by atoms with Crippen molar-refractivity contribution in [3.8, 4) is 0 Å². The van der Waals surface area contributed by atoms with Gasteiger partial charge in [-0.15, -0.1) is 0 Å². The van der Waals surface area contributed by atoms with E-state index in [1.54, 1.807) is 0 Å². The number of Topliss-reactive ketones (excluding diaryl/α,β-unsaturated/α-hetero) is 1. The van der Waals surface area contributed by atoms with Crippen molar-refractivity contribution >= 4 is 5.78 Å². The van der Waals surface area contributed by atoms with Gasteiger partial charge in [-0.05, 0) is 30.5 Å². The van der Waals surface area contributed by atoms with Crippen molar-refractivity contribution in [1.29, 1.82) is 0 Å². The van der Waals surface area contributed by atoms with E-state index in [9.17, 15) is 13.6 Å². The van der Waals surface area contributed by atoms with Crippen LogP contribution >= 0.6 is 0 Å². The second-order valence-corrected chi connectivity index (χ2v) is 5.47. The van der Waals surface area contributed by atoms with Crippen molar-refractivity contribution in [3.05, 3.63) is 35.4 Å². The third-order valence-corrected chi connectivity index (χ3v) is 3.98. The molecule has 3 heteroatoms. The Hall–Kier alpha value is -1.25. The van der Waals surface area contributed by atoms with Gasteiger partial charge in [-0.1, -0.05) is 32.3 Å². The summed E-state index contributed by atoms with van der Waals surface area (Å²) >= 11 is 0. The largest absolute Gasteiger partial charge is 0.299 e. The second-order valence-electron chi connectivity index (χ2n) is 5.47. The van der Waals surface area contributed by atoms with Gasteiger partial charge in [0.15, 0.2) is 11.6 Å². The van der Waals surface area contributed by atoms with Gasteiger partial charge in [-0.3, -0.25) is 4.79 Å². The molecule has 0 spiro atoms. The van der Waals surface area contributed by atoms with Crippen LogP contribution in [-0.2, 0) is 11.2 Å². The van der Waals surface area contributed by atoms with Crippen molar-refractivity contribution in [2.75, 3.05) is 0 Å². The van der Waals surface area contributed by atoms with E-state index in [1.807, 2.05) is 6.92 Å². The lowest BCUT2D eigenvalue weighted by Gasteiger charge is -2.32. The second kappa shape index (κ2) is 5.17. The molecule has 0 aromatic heterocycles. The molecule has 18 heavy (non-hydrogen) atoms. The molecule has 2 rings (SSSR count). The van der Waals surface area contributed by atoms with Crippen molar-refractivity contribution in [2.24, 2.45) is 5.41 Å². The molecule has 1 aliphatic rings. The summed E-state index contributed by atoms with van der Waals surface area (Å²) in [5.74, 6) is -1.60. The van der Waals surface area contributed by atoms with Gasteiger partial charge in [0.25, 0.3) is 0 Å². The van der Waals surface area contributed by atoms with Crippen LogP contribution in [-0.4, -0.2) is 5.78 Å². The molecule has 0 N–H and O–H groups in total. The SMILES string of the molecule is CC1(C(=O)Cc2ccc(F)c(F)c2)CCCCC1. The van der Waals surface area contributed by atoms with E-state index in [0.717, 1.165) is 37.8 Å². The molecule has 0 radical (unpaired) electrons. The van der Waals surface area contributed by atoms with Crippen LogP contribution in [0.5, 0.6) is 0 Å². The lowest BCUT2D eigenvalue weighted by Crippen LogP contribution is -2.31. The summed E-state index contributed by atoms with van der Waals surface area (Å²) in [5.41, 5.74) is 0.286. The lowest BCUT2D eigenvalue weighted by molar-refractivity contribution is -0.128. The minimum atomic E-state index is -0.880. The van der Waals surface area contributed by atoms with E-state index in [4.69, 9.17) is 0 Å². The van der Waals surface area contributed by atoms with Crippen molar-refractivity contribution in [3.63, 3.8) is 0 Å². The number of halogens is 2. The molecular weight excluding hydrogens is 234 g/mol. The molecular formula is C15H18F2O. The third-order valence-electron chi connectivity index (χ3n) is 3.98. The molecule has 1 fully saturated rings. The molecule has 1 aliphatic carbocycles. The maximum absolute atomic E-state index is 13.1. The van der Waals surface area contributed by atoms with Crippen LogP contribution in [0, 0.1) is 17.0 Å². The zero-order valence-electron chi connectivity index (χ0n) is 10.6. The topological polar surface area (TPSA) is 17.1 Å². The number of ketones is 1. The Morgan fingerprint density at radius 3 is 2.44 bits per heavy atom. The Labute approximate surface area is 106 Å². The van der Waals surface area contributed by atoms with Gasteiger partial charge in [0.2, 0.25) is 0 Å². The number of benzene rings is 1. The van der Waals surface area contributed by atoms with Crippen LogP contribution in [0.25, 0.3) is 0 Å². The predicted octanol–water partition coefficient (Wildman–Crippen LogP) is 4.05. The Kier molecular flexibility index (Phi) is 3.79. The summed E-state index contributed by atoms with van der Waals surface area (Å²) in [6.45, 7) is 1.99. The molecule has 0 atom stereocenters. The van der Waals surface area contributed by atoms with E-state index in [2.05, 4.69) is 0 Å². The molecule has 98 valence electrons. The van der Waals surface area contributed by atoms with Gasteiger partial charge in [-0.25, -0.2) is 8.78 Å². The highest BCUT2D eigenvalue weighted by Gasteiger charge is 2.33. The van der Waals surface area contributed by atoms with Crippen LogP contribution < -0.4 is 0 Å². The smallest absolute Gasteiger partial charge is 0.159 e. The molecule has 1 nitrogen and oxygen atoms in total. The average Bonchev–Trinajstić information content (AvgIpc) is 2.35. The summed E-state index contributed by atoms with van der Waals surface area (Å²) in [4.78, 5) is 12.3. The van der Waals surface area contributed by atoms with Crippen LogP contribution in [0.2, 0.25) is 0 Å². The Morgan fingerprint density at radius 2 is 1.83 bits per heavy atom. The fraction of sp³-hybridized carbons (Fsp3) is 0.533. The van der Waals surface area contributed by atoms with Crippen LogP contribution in [0.15, 0.2) is 18.2 Å². The maximum Gasteiger partial charge on any atom is 0.159 e. The first kappa shape index (κ1) is 13.2. The van der Waals surface area contributed by atoms with Crippen molar-refractivity contribution < 1.29 is 13.6 Å². The third kappa shape index (κ3) is 2.77. The van der Waals surface area contributed by atoms with Crippen molar-refractivity contribution in [1.82, 2.24) is 0 Å². The van der Waals surface area contributed by atoms with Gasteiger partial charge in [0.1, 0.15) is 5.78 Å². The first-order chi connectivity index (χ1) is 8.51. The zero-order chi connectivity index (χ0) is 13.2. The molecule has 0 amide bonds. The minimum Gasteiger partial charge on any atom is -0.299 e. The first-order valence-electron chi connectivity index (χ1n) is 6.48. The first-order valence-corrected chi connectivity index (χ1v) is 6.48. The highest BCUT2D eigenvalue weighted by molar-refractivity contribution is 5.86. The van der Waals surface area contributed by atoms with Gasteiger partial charge in [-0.2, -0.15) is 0 Å². The molecule has 0 unspecified atom stereocenters. The van der Waals surface area contributed by atoms with E-state index < -0.39 is 11.6 Å². The van der Waals surface area contributed by atoms with Crippen molar-refractivity contribution in [2.45, 2.75) is 45.4 Å². The molecule has 0 saturated heterocycles. The summed E-state index contributed by atoms with van der Waals surface area (Å²) in [7, 11) is 0. The fourth-order valence-electron chi connectivity index (χ4n) is 2.66. The van der Waals surface area contributed by atoms with Crippen LogP contribution in [0.3, 0.4) is 0 Å². The summed E-state index contributed by atoms with van der Waals surface area (Å²) in [6, 6.07) is 3.70. The van der Waals surface area contributed by atoms with Gasteiger partial charge < -0.3 is 0 Å². The van der Waals surface area contributed by atoms with E-state index in [0.29, 0.717) is 5.56 Å². The standard InChI is InChI=1S/C15H18F2O/c1-15(7-3-2-4-8-15)14(18)10-11-5-6-12(16)13(17)9-11/h5-6,9H,2-4,7-8,10H2,1H3. The van der Waals surface area contributed by atoms with Crippen LogP contribution in [0.1, 0.15) is 44.6 Å². The molecule has 1 aromatic carbocycles. The number of carbonyl (C=O) groups excluding carboxylic acids is 1. The summed E-state index contributed by atoms with van der Waals surface area (Å²) in [5, 5.41) is 0. The number of rotatable bonds is 3. The number of hydrogen-bond acceptors (Lipinski definition) is 1. The lowest BCUT2D eigenvalue weighted by atomic mass is 9.71. The molecule has 0 bridgehead atoms. The average molecular weight is 252 g/mol. The normalized spacial score (nSPS) is 18.6. The number of hydrogen-bond donors (Lipinski definition) is 0. The zero-order valence-corrected chi connectivity index (χ0v) is 10.6. The molecule has 1 aromatic rings. The predicted molar refractivity (Wildman–Crippen MR) is 66.3 cm³/mol. The highest BCUT2D eigenvalue weighted by atomic mass is 19.2. The highest BCUT2D eigenvalue weighted by Crippen LogP contribution is 2.37. The Balaban J connectivity index is 2.08. The van der Waals surface area contributed by atoms with E-state index >= 15 is 0 Å². The maximum atomic E-state index is 13.1. The van der Waals surface area contributed by atoms with E-state index in [1.165, 1.54) is 12.5 Å². The molecule has 0 aliphatic heterocycles. The minimum absolute atomic E-state index is 0.146. The van der Waals surface area contributed by atoms with Gasteiger partial charge in [0, 0.05) is 11.8 Å². The monoisotopic (exact) mass is 252 g/mol. The van der Waals surface area contributed by atoms with Crippen LogP contribution in [0.4, 0.5) is 8.78 Å². The van der Waals surface area contributed by atoms with Gasteiger partial charge >= 0.3 is 0 Å². The van der Waals surface area contributed by atoms with E-state index in [-0.39, 0.29) is 17.6 Å². The summed E-state index contributed by atoms with van der Waals surface area (Å²) in [6.07, 6.45) is 5.38. The molecule has 0 heterocycles.